The van der Waals surface area contributed by atoms with E-state index in [0.717, 1.165) is 23.8 Å². The van der Waals surface area contributed by atoms with Crippen molar-refractivity contribution in [3.05, 3.63) is 77.0 Å². The average molecular weight is 544 g/mol. The third kappa shape index (κ3) is 6.13. The first kappa shape index (κ1) is 28.7. The summed E-state index contributed by atoms with van der Waals surface area (Å²) in [7, 11) is 1.46. The summed E-state index contributed by atoms with van der Waals surface area (Å²) < 4.78 is 54.5. The zero-order valence-corrected chi connectivity index (χ0v) is 22.1. The summed E-state index contributed by atoms with van der Waals surface area (Å²) in [4.78, 5) is 21.4. The molecule has 7 nitrogen and oxygen atoms in total. The van der Waals surface area contributed by atoms with Crippen LogP contribution in [0.5, 0.6) is 5.75 Å². The lowest BCUT2D eigenvalue weighted by Crippen LogP contribution is -2.54. The lowest BCUT2D eigenvalue weighted by Gasteiger charge is -2.44. The first-order valence-electron chi connectivity index (χ1n) is 12.7. The molecule has 3 N–H and O–H groups in total. The SMILES string of the molecule is COCCOc1cc(F)c(-c2nc(C(=O)Cc3cnccc3[C@H]3C[C@@H](N)[C@](C)(O)[C@@H](C)C3)ccc2F)c(F)c1. The Bertz CT molecular complexity index is 1310. The van der Waals surface area contributed by atoms with Gasteiger partial charge < -0.3 is 20.3 Å². The van der Waals surface area contributed by atoms with Crippen LogP contribution in [-0.2, 0) is 11.2 Å². The highest BCUT2D eigenvalue weighted by Crippen LogP contribution is 2.42. The molecule has 0 amide bonds. The lowest BCUT2D eigenvalue weighted by atomic mass is 9.67. The van der Waals surface area contributed by atoms with E-state index < -0.39 is 46.1 Å². The second-order valence-corrected chi connectivity index (χ2v) is 10.2. The molecule has 39 heavy (non-hydrogen) atoms. The highest BCUT2D eigenvalue weighted by molar-refractivity contribution is 5.96. The maximum atomic E-state index is 14.9. The second-order valence-electron chi connectivity index (χ2n) is 10.2. The summed E-state index contributed by atoms with van der Waals surface area (Å²) in [5.41, 5.74) is 5.37. The van der Waals surface area contributed by atoms with Gasteiger partial charge in [0.15, 0.2) is 5.78 Å². The van der Waals surface area contributed by atoms with Gasteiger partial charge in [-0.05, 0) is 60.9 Å². The number of ketones is 1. The molecule has 0 aliphatic heterocycles. The molecule has 0 spiro atoms. The fourth-order valence-electron chi connectivity index (χ4n) is 5.05. The van der Waals surface area contributed by atoms with Gasteiger partial charge in [0, 0.05) is 44.1 Å². The molecule has 4 rings (SSSR count). The molecule has 0 unspecified atom stereocenters. The Hall–Kier alpha value is -3.34. The van der Waals surface area contributed by atoms with Gasteiger partial charge in [-0.2, -0.15) is 0 Å². The molecule has 1 fully saturated rings. The number of carbonyl (C=O) groups is 1. The number of halogens is 3. The van der Waals surface area contributed by atoms with Gasteiger partial charge in [0.25, 0.3) is 0 Å². The number of Topliss-reactive ketones (excluding diaryl/α,β-unsaturated/α-hetero) is 1. The summed E-state index contributed by atoms with van der Waals surface area (Å²) in [5, 5.41) is 10.7. The molecule has 0 saturated heterocycles. The van der Waals surface area contributed by atoms with E-state index in [1.807, 2.05) is 13.0 Å². The number of carbonyl (C=O) groups excluding carboxylic acids is 1. The first-order valence-corrected chi connectivity index (χ1v) is 12.7. The number of methoxy groups -OCH3 is 1. The van der Waals surface area contributed by atoms with E-state index in [-0.39, 0.29) is 42.9 Å². The van der Waals surface area contributed by atoms with Crippen molar-refractivity contribution in [3.63, 3.8) is 0 Å². The van der Waals surface area contributed by atoms with Gasteiger partial charge in [0.2, 0.25) is 0 Å². The van der Waals surface area contributed by atoms with Gasteiger partial charge in [-0.25, -0.2) is 18.2 Å². The van der Waals surface area contributed by atoms with Crippen LogP contribution < -0.4 is 10.5 Å². The minimum atomic E-state index is -1.08. The van der Waals surface area contributed by atoms with Gasteiger partial charge in [-0.3, -0.25) is 9.78 Å². The predicted octanol–water partition coefficient (Wildman–Crippen LogP) is 4.60. The Balaban J connectivity index is 1.59. The van der Waals surface area contributed by atoms with E-state index >= 15 is 0 Å². The average Bonchev–Trinajstić information content (AvgIpc) is 2.88. The van der Waals surface area contributed by atoms with Crippen LogP contribution >= 0.6 is 0 Å². The highest BCUT2D eigenvalue weighted by Gasteiger charge is 2.42. The molecule has 2 aromatic heterocycles. The topological polar surface area (TPSA) is 108 Å². The fourth-order valence-corrected chi connectivity index (χ4v) is 5.05. The van der Waals surface area contributed by atoms with Gasteiger partial charge in [-0.1, -0.05) is 6.92 Å². The van der Waals surface area contributed by atoms with Crippen LogP contribution in [0.2, 0.25) is 0 Å². The zero-order chi connectivity index (χ0) is 28.3. The number of aliphatic hydroxyl groups is 1. The van der Waals surface area contributed by atoms with Crippen molar-refractivity contribution in [2.75, 3.05) is 20.3 Å². The predicted molar refractivity (Wildman–Crippen MR) is 139 cm³/mol. The van der Waals surface area contributed by atoms with Crippen molar-refractivity contribution in [3.8, 4) is 17.0 Å². The number of pyridine rings is 2. The minimum Gasteiger partial charge on any atom is -0.491 e. The number of nitrogens with two attached hydrogens (primary N) is 1. The summed E-state index contributed by atoms with van der Waals surface area (Å²) in [6.07, 6.45) is 4.33. The van der Waals surface area contributed by atoms with Crippen LogP contribution in [0.4, 0.5) is 13.2 Å². The summed E-state index contributed by atoms with van der Waals surface area (Å²) in [6.45, 7) is 3.98. The van der Waals surface area contributed by atoms with E-state index in [0.29, 0.717) is 18.4 Å². The van der Waals surface area contributed by atoms with Gasteiger partial charge in [0.1, 0.15) is 41.2 Å². The van der Waals surface area contributed by atoms with Gasteiger partial charge in [0.05, 0.1) is 17.8 Å². The van der Waals surface area contributed by atoms with E-state index in [9.17, 15) is 23.1 Å². The maximum Gasteiger partial charge on any atom is 0.185 e. The Morgan fingerprint density at radius 1 is 1.13 bits per heavy atom. The number of hydrogen-bond donors (Lipinski definition) is 2. The molecule has 1 aliphatic carbocycles. The van der Waals surface area contributed by atoms with Crippen LogP contribution in [0.25, 0.3) is 11.3 Å². The Labute approximate surface area is 225 Å². The molecule has 208 valence electrons. The smallest absolute Gasteiger partial charge is 0.185 e. The van der Waals surface area contributed by atoms with E-state index in [2.05, 4.69) is 9.97 Å². The van der Waals surface area contributed by atoms with Crippen LogP contribution in [-0.4, -0.2) is 52.8 Å². The third-order valence-electron chi connectivity index (χ3n) is 7.60. The third-order valence-corrected chi connectivity index (χ3v) is 7.60. The first-order chi connectivity index (χ1) is 18.5. The molecule has 10 heteroatoms. The van der Waals surface area contributed by atoms with Crippen molar-refractivity contribution >= 4 is 5.78 Å². The molecule has 1 aromatic carbocycles. The molecule has 0 radical (unpaired) electrons. The van der Waals surface area contributed by atoms with Crippen LogP contribution in [0.3, 0.4) is 0 Å². The van der Waals surface area contributed by atoms with E-state index in [1.54, 1.807) is 19.3 Å². The van der Waals surface area contributed by atoms with Crippen LogP contribution in [0, 0.1) is 23.4 Å². The maximum absolute atomic E-state index is 14.9. The fraction of sp³-hybridized carbons (Fsp3) is 0.414. The van der Waals surface area contributed by atoms with E-state index in [1.165, 1.54) is 13.2 Å². The second kappa shape index (κ2) is 11.8. The Morgan fingerprint density at radius 2 is 1.85 bits per heavy atom. The van der Waals surface area contributed by atoms with Gasteiger partial charge >= 0.3 is 0 Å². The quantitative estimate of drug-likeness (QED) is 0.300. The van der Waals surface area contributed by atoms with Crippen molar-refractivity contribution in [2.24, 2.45) is 11.7 Å². The Kier molecular flexibility index (Phi) is 8.68. The zero-order valence-electron chi connectivity index (χ0n) is 22.1. The molecule has 1 saturated carbocycles. The van der Waals surface area contributed by atoms with Gasteiger partial charge in [-0.15, -0.1) is 0 Å². The standard InChI is InChI=1S/C29H32F3N3O4/c1-16-10-17(12-26(33)29(16,2)37)20-6-7-34-15-18(20)11-25(36)24-5-4-21(30)28(35-24)27-22(31)13-19(14-23(27)32)39-9-8-38-3/h4-7,13-17,26,37H,8-12,33H2,1-3H3/t16-,17+,26+,29+/m0/s1. The van der Waals surface area contributed by atoms with Crippen molar-refractivity contribution in [1.82, 2.24) is 9.97 Å². The molecule has 4 atom stereocenters. The monoisotopic (exact) mass is 543 g/mol. The molecule has 3 aromatic rings. The number of nitrogens with zero attached hydrogens (tertiary/aromatic N) is 2. The lowest BCUT2D eigenvalue weighted by molar-refractivity contribution is -0.0464. The Morgan fingerprint density at radius 3 is 2.51 bits per heavy atom. The molecule has 0 bridgehead atoms. The van der Waals surface area contributed by atoms with Crippen LogP contribution in [0.15, 0.2) is 42.7 Å². The summed E-state index contributed by atoms with van der Waals surface area (Å²) in [5.74, 6) is -3.74. The van der Waals surface area contributed by atoms with Crippen LogP contribution in [0.1, 0.15) is 54.2 Å². The number of aromatic nitrogens is 2. The molecule has 2 heterocycles. The molecule has 1 aliphatic rings. The van der Waals surface area contributed by atoms with Crippen molar-refractivity contribution in [1.29, 1.82) is 0 Å². The highest BCUT2D eigenvalue weighted by atomic mass is 19.1. The minimum absolute atomic E-state index is 0.00516. The summed E-state index contributed by atoms with van der Waals surface area (Å²) in [6, 6.07) is 5.40. The van der Waals surface area contributed by atoms with E-state index in [4.69, 9.17) is 15.2 Å². The van der Waals surface area contributed by atoms with Crippen molar-refractivity contribution in [2.45, 2.75) is 50.7 Å². The molecular weight excluding hydrogens is 511 g/mol. The summed E-state index contributed by atoms with van der Waals surface area (Å²) >= 11 is 0. The number of ether oxygens (including phenoxy) is 2. The van der Waals surface area contributed by atoms with Crippen molar-refractivity contribution < 1.29 is 32.5 Å². The number of hydrogen-bond acceptors (Lipinski definition) is 7. The largest absolute Gasteiger partial charge is 0.491 e. The normalized spacial score (nSPS) is 23.0. The molecular formula is C29H32F3N3O4. The number of rotatable bonds is 9. The number of benzene rings is 1.